The van der Waals surface area contributed by atoms with Crippen LogP contribution in [0, 0.1) is 0 Å². The molecule has 2 aliphatic heterocycles. The summed E-state index contributed by atoms with van der Waals surface area (Å²) in [6.45, 7) is 3.91. The fraction of sp³-hybridized carbons (Fsp3) is 0.389. The molecule has 0 spiro atoms. The van der Waals surface area contributed by atoms with Crippen molar-refractivity contribution in [2.75, 3.05) is 26.2 Å². The Kier molecular flexibility index (Phi) is 14.9. The normalized spacial score (nSPS) is 17.4. The minimum Gasteiger partial charge on any atom is -0.427 e. The van der Waals surface area contributed by atoms with Gasteiger partial charge in [-0.3, -0.25) is 57.7 Å². The van der Waals surface area contributed by atoms with E-state index in [1.807, 2.05) is 0 Å². The molecule has 55 heavy (non-hydrogen) atoms. The molecule has 6 amide bonds. The number of rotatable bonds is 13. The molecule has 4 N–H and O–H groups in total. The summed E-state index contributed by atoms with van der Waals surface area (Å²) in [4.78, 5) is 130. The molecule has 2 saturated heterocycles. The van der Waals surface area contributed by atoms with Gasteiger partial charge in [-0.05, 0) is 62.1 Å². The Bertz CT molecular complexity index is 1710. The van der Waals surface area contributed by atoms with Gasteiger partial charge in [-0.15, -0.1) is 12.4 Å². The van der Waals surface area contributed by atoms with Crippen molar-refractivity contribution in [1.82, 2.24) is 19.6 Å². The van der Waals surface area contributed by atoms with Crippen LogP contribution in [0.5, 0.6) is 11.5 Å². The number of hydrogen-bond donors (Lipinski definition) is 2. The molecule has 4 rings (SSSR count). The van der Waals surface area contributed by atoms with E-state index in [9.17, 15) is 47.9 Å². The molecule has 294 valence electrons. The Morgan fingerprint density at radius 3 is 1.09 bits per heavy atom. The minimum absolute atomic E-state index is 0. The Hall–Kier alpha value is -5.53. The highest BCUT2D eigenvalue weighted by molar-refractivity contribution is 6.44. The second-order valence-electron chi connectivity index (χ2n) is 13.0. The molecule has 19 heteroatoms. The van der Waals surface area contributed by atoms with Gasteiger partial charge in [0.2, 0.25) is 11.6 Å². The number of hydrogen-bond acceptors (Lipinski definition) is 16. The summed E-state index contributed by atoms with van der Waals surface area (Å²) in [5, 5.41) is 0. The lowest BCUT2D eigenvalue weighted by Crippen LogP contribution is -2.65. The van der Waals surface area contributed by atoms with Crippen LogP contribution >= 0.6 is 12.4 Å². The van der Waals surface area contributed by atoms with E-state index in [1.54, 1.807) is 38.1 Å². The van der Waals surface area contributed by atoms with Crippen molar-refractivity contribution in [1.29, 1.82) is 0 Å². The Morgan fingerprint density at radius 2 is 0.836 bits per heavy atom. The van der Waals surface area contributed by atoms with Gasteiger partial charge in [-0.1, -0.05) is 24.3 Å². The van der Waals surface area contributed by atoms with Crippen molar-refractivity contribution in [2.45, 2.75) is 64.7 Å². The minimum atomic E-state index is -1.38. The number of esters is 2. The van der Waals surface area contributed by atoms with Gasteiger partial charge in [0, 0.05) is 25.9 Å². The molecule has 4 atom stereocenters. The second kappa shape index (κ2) is 18.7. The quantitative estimate of drug-likeness (QED) is 0.104. The molecule has 0 bridgehead atoms. The Morgan fingerprint density at radius 1 is 0.564 bits per heavy atom. The van der Waals surface area contributed by atoms with E-state index in [-0.39, 0.29) is 46.5 Å². The second-order valence-corrected chi connectivity index (χ2v) is 13.0. The SMILES string of the molecule is CC(=O)Oc1ccc(C[C@H](N)C(=O)C(=O)N2C(=O)CN([C@H](C)[C@H](C)N3CC(=O)N(C(=O)C(=O)[C@@H](N)Cc4ccc(OC(C)=O)cc4)C(=O)C3)CC2=O)cc1.Cl. The van der Waals surface area contributed by atoms with Crippen molar-refractivity contribution < 1.29 is 57.4 Å². The van der Waals surface area contributed by atoms with Crippen LogP contribution in [0.15, 0.2) is 48.5 Å². The van der Waals surface area contributed by atoms with Crippen LogP contribution in [0.1, 0.15) is 38.8 Å². The molecule has 2 fully saturated rings. The van der Waals surface area contributed by atoms with Crippen LogP contribution in [0.4, 0.5) is 0 Å². The first kappa shape index (κ1) is 43.9. The molecule has 0 aromatic heterocycles. The van der Waals surface area contributed by atoms with E-state index >= 15 is 0 Å². The van der Waals surface area contributed by atoms with Crippen LogP contribution in [0.3, 0.4) is 0 Å². The first-order chi connectivity index (χ1) is 25.4. The van der Waals surface area contributed by atoms with Gasteiger partial charge >= 0.3 is 23.8 Å². The summed E-state index contributed by atoms with van der Waals surface area (Å²) in [6, 6.07) is 8.00. The van der Waals surface area contributed by atoms with Crippen LogP contribution in [-0.4, -0.2) is 129 Å². The standard InChI is InChI=1S/C36H40N6O12.ClH/c1-19(39-15-29(45)41(30(46)16-39)35(51)33(49)27(37)13-23-5-9-25(10-6-23)53-21(3)43)20(2)40-17-31(47)42(32(48)18-40)36(52)34(50)28(38)14-24-7-11-26(12-8-24)54-22(4)44;/h5-12,19-20,27-28H,13-18,37-38H2,1-4H3;1H/t19-,20+,27-,28-;/m0./s1. The fourth-order valence-corrected chi connectivity index (χ4v) is 5.96. The predicted octanol–water partition coefficient (Wildman–Crippen LogP) is -1.29. The zero-order valence-corrected chi connectivity index (χ0v) is 31.2. The predicted molar refractivity (Wildman–Crippen MR) is 192 cm³/mol. The molecule has 0 radical (unpaired) electrons. The highest BCUT2D eigenvalue weighted by Gasteiger charge is 2.45. The van der Waals surface area contributed by atoms with Crippen LogP contribution in [0.25, 0.3) is 0 Å². The molecular formula is C36H41ClN6O12. The first-order valence-electron chi connectivity index (χ1n) is 16.8. The molecule has 2 aliphatic rings. The summed E-state index contributed by atoms with van der Waals surface area (Å²) >= 11 is 0. The summed E-state index contributed by atoms with van der Waals surface area (Å²) in [5.74, 6) is -9.47. The van der Waals surface area contributed by atoms with Crippen molar-refractivity contribution >= 4 is 71.4 Å². The number of ether oxygens (including phenoxy) is 2. The lowest BCUT2D eigenvalue weighted by Gasteiger charge is -2.42. The molecule has 2 aromatic carbocycles. The monoisotopic (exact) mass is 784 g/mol. The molecule has 18 nitrogen and oxygen atoms in total. The molecular weight excluding hydrogens is 744 g/mol. The number of piperazine rings is 2. The van der Waals surface area contributed by atoms with E-state index in [4.69, 9.17) is 20.9 Å². The third kappa shape index (κ3) is 10.8. The highest BCUT2D eigenvalue weighted by atomic mass is 35.5. The van der Waals surface area contributed by atoms with Crippen molar-refractivity contribution in [3.8, 4) is 11.5 Å². The van der Waals surface area contributed by atoms with Crippen molar-refractivity contribution in [3.63, 3.8) is 0 Å². The smallest absolute Gasteiger partial charge is 0.308 e. The van der Waals surface area contributed by atoms with Crippen molar-refractivity contribution in [2.24, 2.45) is 11.5 Å². The van der Waals surface area contributed by atoms with E-state index < -0.39 is 109 Å². The Balaban J connectivity index is 0.00000812. The van der Waals surface area contributed by atoms with Gasteiger partial charge in [0.25, 0.3) is 23.6 Å². The van der Waals surface area contributed by atoms with Gasteiger partial charge in [0.1, 0.15) is 11.5 Å². The number of benzene rings is 2. The van der Waals surface area contributed by atoms with Crippen LogP contribution in [-0.2, 0) is 60.8 Å². The molecule has 0 aliphatic carbocycles. The van der Waals surface area contributed by atoms with E-state index in [2.05, 4.69) is 0 Å². The molecule has 2 heterocycles. The summed E-state index contributed by atoms with van der Waals surface area (Å²) in [5.41, 5.74) is 13.0. The lowest BCUT2D eigenvalue weighted by molar-refractivity contribution is -0.166. The lowest BCUT2D eigenvalue weighted by atomic mass is 10.0. The number of nitrogens with zero attached hydrogens (tertiary/aromatic N) is 4. The third-order valence-corrected chi connectivity index (χ3v) is 8.98. The maximum absolute atomic E-state index is 13.1. The van der Waals surface area contributed by atoms with Gasteiger partial charge in [0.15, 0.2) is 0 Å². The zero-order chi connectivity index (χ0) is 40.0. The number of ketones is 2. The number of Topliss-reactive ketones (excluding diaryl/α,β-unsaturated/α-hetero) is 2. The Labute approximate surface area is 321 Å². The average Bonchev–Trinajstić information content (AvgIpc) is 3.10. The molecule has 0 saturated carbocycles. The molecule has 0 unspecified atom stereocenters. The number of amides is 6. The van der Waals surface area contributed by atoms with Crippen LogP contribution in [0.2, 0.25) is 0 Å². The number of imide groups is 6. The largest absolute Gasteiger partial charge is 0.427 e. The highest BCUT2D eigenvalue weighted by Crippen LogP contribution is 2.20. The van der Waals surface area contributed by atoms with Crippen LogP contribution < -0.4 is 20.9 Å². The topological polar surface area (TPSA) is 254 Å². The van der Waals surface area contributed by atoms with Gasteiger partial charge in [-0.2, -0.15) is 0 Å². The first-order valence-corrected chi connectivity index (χ1v) is 16.8. The van der Waals surface area contributed by atoms with Crippen molar-refractivity contribution in [3.05, 3.63) is 59.7 Å². The van der Waals surface area contributed by atoms with Gasteiger partial charge in [-0.25, -0.2) is 9.80 Å². The maximum Gasteiger partial charge on any atom is 0.308 e. The summed E-state index contributed by atoms with van der Waals surface area (Å²) in [6.07, 6.45) is -0.207. The van der Waals surface area contributed by atoms with Gasteiger partial charge in [0.05, 0.1) is 38.3 Å². The average molecular weight is 785 g/mol. The number of carbonyl (C=O) groups excluding carboxylic acids is 10. The summed E-state index contributed by atoms with van der Waals surface area (Å²) < 4.78 is 9.90. The number of carbonyl (C=O) groups is 10. The van der Waals surface area contributed by atoms with Gasteiger partial charge < -0.3 is 20.9 Å². The number of halogens is 1. The molecule has 2 aromatic rings. The van der Waals surface area contributed by atoms with E-state index in [1.165, 1.54) is 47.9 Å². The maximum atomic E-state index is 13.1. The fourth-order valence-electron chi connectivity index (χ4n) is 5.96. The van der Waals surface area contributed by atoms with E-state index in [0.717, 1.165) is 0 Å². The van der Waals surface area contributed by atoms with E-state index in [0.29, 0.717) is 11.1 Å². The summed E-state index contributed by atoms with van der Waals surface area (Å²) in [7, 11) is 0. The third-order valence-electron chi connectivity index (χ3n) is 8.98. The zero-order valence-electron chi connectivity index (χ0n) is 30.4. The number of nitrogens with two attached hydrogens (primary N) is 2.